The molecule has 29 heavy (non-hydrogen) atoms. The second-order valence-corrected chi connectivity index (χ2v) is 6.79. The van der Waals surface area contributed by atoms with Crippen molar-refractivity contribution in [2.45, 2.75) is 20.3 Å². The number of hydrogen-bond donors (Lipinski definition) is 3. The van der Waals surface area contributed by atoms with Crippen LogP contribution in [0.2, 0.25) is 0 Å². The van der Waals surface area contributed by atoms with Crippen LogP contribution in [0.3, 0.4) is 0 Å². The summed E-state index contributed by atoms with van der Waals surface area (Å²) in [6.45, 7) is 3.78. The van der Waals surface area contributed by atoms with E-state index in [2.05, 4.69) is 0 Å². The Kier molecular flexibility index (Phi) is 5.41. The van der Waals surface area contributed by atoms with Crippen LogP contribution in [-0.4, -0.2) is 29.5 Å². The van der Waals surface area contributed by atoms with E-state index in [1.54, 1.807) is 0 Å². The van der Waals surface area contributed by atoms with Gasteiger partial charge in [0.15, 0.2) is 11.5 Å². The van der Waals surface area contributed by atoms with Gasteiger partial charge in [0.2, 0.25) is 5.43 Å². The average Bonchev–Trinajstić information content (AvgIpc) is 2.67. The normalized spacial score (nSPS) is 10.8. The lowest BCUT2D eigenvalue weighted by molar-refractivity contribution is 0.368. The molecule has 3 N–H and O–H groups in total. The molecule has 0 saturated carbocycles. The molecule has 0 unspecified atom stereocenters. The maximum absolute atomic E-state index is 13.2. The van der Waals surface area contributed by atoms with Crippen molar-refractivity contribution in [2.24, 2.45) is 0 Å². The molecule has 0 fully saturated rings. The molecule has 3 aromatic rings. The van der Waals surface area contributed by atoms with Gasteiger partial charge in [-0.05, 0) is 26.3 Å². The molecule has 0 aliphatic heterocycles. The zero-order chi connectivity index (χ0) is 21.3. The van der Waals surface area contributed by atoms with Gasteiger partial charge in [0.05, 0.1) is 19.8 Å². The third kappa shape index (κ3) is 3.71. The zero-order valence-corrected chi connectivity index (χ0v) is 16.6. The summed E-state index contributed by atoms with van der Waals surface area (Å²) in [5.41, 5.74) is 1.00. The topological polar surface area (TPSA) is 109 Å². The largest absolute Gasteiger partial charge is 0.507 e. The predicted octanol–water partition coefficient (Wildman–Crippen LogP) is 4.10. The third-order valence-corrected chi connectivity index (χ3v) is 4.53. The lowest BCUT2D eigenvalue weighted by Gasteiger charge is -2.13. The molecule has 1 aromatic heterocycles. The molecule has 0 aliphatic carbocycles. The molecule has 3 rings (SSSR count). The molecule has 0 radical (unpaired) electrons. The van der Waals surface area contributed by atoms with Crippen molar-refractivity contribution in [2.75, 3.05) is 14.2 Å². The van der Waals surface area contributed by atoms with Gasteiger partial charge in [-0.2, -0.15) is 0 Å². The highest BCUT2D eigenvalue weighted by atomic mass is 16.5. The van der Waals surface area contributed by atoms with E-state index in [0.29, 0.717) is 5.75 Å². The van der Waals surface area contributed by atoms with Crippen molar-refractivity contribution in [3.63, 3.8) is 0 Å². The third-order valence-electron chi connectivity index (χ3n) is 4.53. The summed E-state index contributed by atoms with van der Waals surface area (Å²) in [6.07, 6.45) is 2.05. The van der Waals surface area contributed by atoms with Gasteiger partial charge in [0.1, 0.15) is 34.0 Å². The molecule has 7 nitrogen and oxygen atoms in total. The van der Waals surface area contributed by atoms with E-state index in [1.807, 2.05) is 19.9 Å². The molecule has 1 heterocycles. The van der Waals surface area contributed by atoms with E-state index >= 15 is 0 Å². The Hall–Kier alpha value is -3.61. The van der Waals surface area contributed by atoms with E-state index in [-0.39, 0.29) is 57.3 Å². The number of methoxy groups -OCH3 is 2. The molecule has 7 heteroatoms. The highest BCUT2D eigenvalue weighted by Gasteiger charge is 2.22. The van der Waals surface area contributed by atoms with Crippen LogP contribution >= 0.6 is 0 Å². The van der Waals surface area contributed by atoms with E-state index in [0.717, 1.165) is 5.57 Å². The number of benzene rings is 2. The van der Waals surface area contributed by atoms with Crippen molar-refractivity contribution in [1.29, 1.82) is 0 Å². The molecule has 0 spiro atoms. The number of fused-ring (bicyclic) bond motifs is 1. The fourth-order valence-electron chi connectivity index (χ4n) is 3.04. The summed E-state index contributed by atoms with van der Waals surface area (Å²) >= 11 is 0. The first kappa shape index (κ1) is 20.1. The smallest absolute Gasteiger partial charge is 0.200 e. The summed E-state index contributed by atoms with van der Waals surface area (Å²) in [7, 11) is 2.79. The summed E-state index contributed by atoms with van der Waals surface area (Å²) < 4.78 is 16.1. The SMILES string of the molecule is COc1cc(O)c2c(=O)c(CC=C(C)C)c(-c3cc(O)c(OC)cc3O)oc2c1. The van der Waals surface area contributed by atoms with Crippen molar-refractivity contribution in [3.05, 3.63) is 51.7 Å². The minimum atomic E-state index is -0.436. The van der Waals surface area contributed by atoms with E-state index in [9.17, 15) is 20.1 Å². The van der Waals surface area contributed by atoms with Crippen LogP contribution < -0.4 is 14.9 Å². The number of rotatable bonds is 5. The van der Waals surface area contributed by atoms with Gasteiger partial charge in [0.25, 0.3) is 0 Å². The summed E-state index contributed by atoms with van der Waals surface area (Å²) in [5.74, 6) is -0.233. The van der Waals surface area contributed by atoms with Gasteiger partial charge >= 0.3 is 0 Å². The number of ether oxygens (including phenoxy) is 2. The van der Waals surface area contributed by atoms with Crippen molar-refractivity contribution >= 4 is 11.0 Å². The predicted molar refractivity (Wildman–Crippen MR) is 109 cm³/mol. The second kappa shape index (κ2) is 7.79. The average molecular weight is 398 g/mol. The minimum absolute atomic E-state index is 0.0175. The van der Waals surface area contributed by atoms with Gasteiger partial charge in [0, 0.05) is 23.8 Å². The molecule has 0 aliphatic rings. The fourth-order valence-corrected chi connectivity index (χ4v) is 3.04. The zero-order valence-electron chi connectivity index (χ0n) is 16.6. The van der Waals surface area contributed by atoms with Gasteiger partial charge < -0.3 is 29.2 Å². The van der Waals surface area contributed by atoms with Crippen LogP contribution in [0.25, 0.3) is 22.3 Å². The monoisotopic (exact) mass is 398 g/mol. The highest BCUT2D eigenvalue weighted by molar-refractivity contribution is 5.88. The lowest BCUT2D eigenvalue weighted by atomic mass is 10.00. The molecule has 2 aromatic carbocycles. The first-order chi connectivity index (χ1) is 13.8. The first-order valence-electron chi connectivity index (χ1n) is 8.87. The van der Waals surface area contributed by atoms with Gasteiger partial charge in [-0.1, -0.05) is 11.6 Å². The number of phenolic OH excluding ortho intramolecular Hbond substituents is 3. The fraction of sp³-hybridized carbons (Fsp3) is 0.227. The first-order valence-corrected chi connectivity index (χ1v) is 8.87. The number of hydrogen-bond acceptors (Lipinski definition) is 7. The van der Waals surface area contributed by atoms with Gasteiger partial charge in [-0.3, -0.25) is 4.79 Å². The van der Waals surface area contributed by atoms with Gasteiger partial charge in [-0.25, -0.2) is 0 Å². The maximum Gasteiger partial charge on any atom is 0.200 e. The van der Waals surface area contributed by atoms with Crippen molar-refractivity contribution < 1.29 is 29.2 Å². The molecule has 0 atom stereocenters. The van der Waals surface area contributed by atoms with E-state index in [4.69, 9.17) is 13.9 Å². The van der Waals surface area contributed by atoms with Crippen molar-refractivity contribution in [3.8, 4) is 40.1 Å². The van der Waals surface area contributed by atoms with Crippen LogP contribution in [0.1, 0.15) is 19.4 Å². The molecular formula is C22H22O7. The summed E-state index contributed by atoms with van der Waals surface area (Å²) in [5, 5.41) is 31.0. The molecule has 0 saturated heterocycles. The molecule has 0 bridgehead atoms. The minimum Gasteiger partial charge on any atom is -0.507 e. The Balaban J connectivity index is 2.41. The number of aromatic hydroxyl groups is 3. The second-order valence-electron chi connectivity index (χ2n) is 6.79. The van der Waals surface area contributed by atoms with Crippen LogP contribution in [0.5, 0.6) is 28.7 Å². The number of phenols is 3. The summed E-state index contributed by atoms with van der Waals surface area (Å²) in [4.78, 5) is 13.2. The molecule has 152 valence electrons. The lowest BCUT2D eigenvalue weighted by Crippen LogP contribution is -2.11. The summed E-state index contributed by atoms with van der Waals surface area (Å²) in [6, 6.07) is 5.32. The van der Waals surface area contributed by atoms with Gasteiger partial charge in [-0.15, -0.1) is 0 Å². The maximum atomic E-state index is 13.2. The Labute approximate surface area is 167 Å². The van der Waals surface area contributed by atoms with Crippen LogP contribution in [0, 0.1) is 0 Å². The van der Waals surface area contributed by atoms with Crippen molar-refractivity contribution in [1.82, 2.24) is 0 Å². The Morgan fingerprint density at radius 3 is 2.34 bits per heavy atom. The van der Waals surface area contributed by atoms with Crippen LogP contribution in [0.15, 0.2) is 45.1 Å². The quantitative estimate of drug-likeness (QED) is 0.438. The highest BCUT2D eigenvalue weighted by Crippen LogP contribution is 2.41. The number of allylic oxidation sites excluding steroid dienone is 2. The standard InChI is InChI=1S/C22H22O7/c1-11(2)5-6-13-21(26)20-17(25)7-12(27-3)8-19(20)29-22(13)14-9-16(24)18(28-4)10-15(14)23/h5,7-10,23-25H,6H2,1-4H3. The molecular weight excluding hydrogens is 376 g/mol. The Bertz CT molecular complexity index is 1170. The van der Waals surface area contributed by atoms with E-state index in [1.165, 1.54) is 38.5 Å². The Morgan fingerprint density at radius 2 is 1.72 bits per heavy atom. The van der Waals surface area contributed by atoms with E-state index < -0.39 is 5.43 Å². The Morgan fingerprint density at radius 1 is 1.00 bits per heavy atom. The van der Waals surface area contributed by atoms with Crippen LogP contribution in [-0.2, 0) is 6.42 Å². The molecule has 0 amide bonds. The van der Waals surface area contributed by atoms with Crippen LogP contribution in [0.4, 0.5) is 0 Å².